The van der Waals surface area contributed by atoms with Gasteiger partial charge < -0.3 is 5.32 Å². The van der Waals surface area contributed by atoms with Crippen molar-refractivity contribution in [1.82, 2.24) is 9.55 Å². The van der Waals surface area contributed by atoms with Gasteiger partial charge in [-0.2, -0.15) is 0 Å². The lowest BCUT2D eigenvalue weighted by Crippen LogP contribution is -2.30. The molecular formula is C22H27N3O2S. The second-order valence-corrected chi connectivity index (χ2v) is 9.03. The van der Waals surface area contributed by atoms with E-state index in [1.54, 1.807) is 6.92 Å². The molecule has 6 heteroatoms. The second-order valence-electron chi connectivity index (χ2n) is 7.80. The molecule has 0 radical (unpaired) electrons. The third-order valence-corrected chi connectivity index (χ3v) is 5.85. The Balaban J connectivity index is 1.96. The maximum atomic E-state index is 12.9. The summed E-state index contributed by atoms with van der Waals surface area (Å²) in [6, 6.07) is 7.97. The predicted octanol–water partition coefficient (Wildman–Crippen LogP) is 4.96. The molecular weight excluding hydrogens is 370 g/mol. The van der Waals surface area contributed by atoms with E-state index in [0.717, 1.165) is 26.5 Å². The molecule has 3 rings (SSSR count). The first-order chi connectivity index (χ1) is 13.2. The fourth-order valence-corrected chi connectivity index (χ4v) is 4.36. The van der Waals surface area contributed by atoms with Crippen LogP contribution in [0.25, 0.3) is 10.2 Å². The standard InChI is InChI=1S/C22H27N3O2S/c1-12(2)16-8-7-9-17(13(3)4)20(16)24-19(26)11-25-15(6)23-21-18(22(25)27)10-14(5)28-21/h7-10,12-13H,11H2,1-6H3,(H,24,26). The third kappa shape index (κ3) is 3.87. The molecule has 0 spiro atoms. The number of hydrogen-bond acceptors (Lipinski definition) is 4. The first-order valence-corrected chi connectivity index (χ1v) is 10.4. The highest BCUT2D eigenvalue weighted by Gasteiger charge is 2.18. The van der Waals surface area contributed by atoms with E-state index in [-0.39, 0.29) is 29.8 Å². The van der Waals surface area contributed by atoms with Crippen LogP contribution in [-0.4, -0.2) is 15.5 Å². The maximum absolute atomic E-state index is 12.9. The summed E-state index contributed by atoms with van der Waals surface area (Å²) in [6.07, 6.45) is 0. The average Bonchev–Trinajstić information content (AvgIpc) is 2.98. The Morgan fingerprint density at radius 1 is 1.14 bits per heavy atom. The molecule has 148 valence electrons. The number of fused-ring (bicyclic) bond motifs is 1. The number of anilines is 1. The van der Waals surface area contributed by atoms with Crippen molar-refractivity contribution >= 4 is 33.1 Å². The number of benzene rings is 1. The Labute approximate surface area is 169 Å². The molecule has 0 atom stereocenters. The van der Waals surface area contributed by atoms with E-state index < -0.39 is 0 Å². The van der Waals surface area contributed by atoms with Crippen molar-refractivity contribution < 1.29 is 4.79 Å². The second kappa shape index (κ2) is 7.87. The predicted molar refractivity (Wildman–Crippen MR) is 117 cm³/mol. The summed E-state index contributed by atoms with van der Waals surface area (Å²) in [7, 11) is 0. The van der Waals surface area contributed by atoms with Crippen LogP contribution < -0.4 is 10.9 Å². The van der Waals surface area contributed by atoms with Gasteiger partial charge in [-0.05, 0) is 42.9 Å². The van der Waals surface area contributed by atoms with Crippen molar-refractivity contribution in [2.24, 2.45) is 0 Å². The number of thiophene rings is 1. The Bertz CT molecular complexity index is 1070. The molecule has 5 nitrogen and oxygen atoms in total. The van der Waals surface area contributed by atoms with Crippen molar-refractivity contribution in [2.75, 3.05) is 5.32 Å². The number of nitrogens with one attached hydrogen (secondary N) is 1. The molecule has 1 amide bonds. The SMILES string of the molecule is Cc1cc2c(=O)n(CC(=O)Nc3c(C(C)C)cccc3C(C)C)c(C)nc2s1. The van der Waals surface area contributed by atoms with Crippen LogP contribution in [0.1, 0.15) is 61.4 Å². The minimum atomic E-state index is -0.215. The fourth-order valence-electron chi connectivity index (χ4n) is 3.44. The van der Waals surface area contributed by atoms with Crippen molar-refractivity contribution in [3.05, 3.63) is 56.4 Å². The number of hydrogen-bond donors (Lipinski definition) is 1. The van der Waals surface area contributed by atoms with Crippen molar-refractivity contribution in [1.29, 1.82) is 0 Å². The molecule has 2 aromatic heterocycles. The van der Waals surface area contributed by atoms with Gasteiger partial charge in [0.2, 0.25) is 5.91 Å². The van der Waals surface area contributed by atoms with E-state index in [9.17, 15) is 9.59 Å². The van der Waals surface area contributed by atoms with Crippen LogP contribution in [-0.2, 0) is 11.3 Å². The van der Waals surface area contributed by atoms with Gasteiger partial charge in [-0.1, -0.05) is 45.9 Å². The van der Waals surface area contributed by atoms with Crippen LogP contribution in [0.3, 0.4) is 0 Å². The van der Waals surface area contributed by atoms with Crippen LogP contribution in [0.15, 0.2) is 29.1 Å². The zero-order valence-electron chi connectivity index (χ0n) is 17.3. The molecule has 3 aromatic rings. The summed E-state index contributed by atoms with van der Waals surface area (Å²) in [5, 5.41) is 3.65. The molecule has 0 saturated heterocycles. The number of carbonyl (C=O) groups is 1. The summed E-state index contributed by atoms with van der Waals surface area (Å²) < 4.78 is 1.46. The van der Waals surface area contributed by atoms with E-state index in [1.165, 1.54) is 15.9 Å². The zero-order valence-corrected chi connectivity index (χ0v) is 18.1. The van der Waals surface area contributed by atoms with Crippen LogP contribution in [0.2, 0.25) is 0 Å². The van der Waals surface area contributed by atoms with Gasteiger partial charge in [0.25, 0.3) is 5.56 Å². The highest BCUT2D eigenvalue weighted by atomic mass is 32.1. The molecule has 0 aliphatic heterocycles. The van der Waals surface area contributed by atoms with Crippen LogP contribution in [0.5, 0.6) is 0 Å². The minimum absolute atomic E-state index is 0.0491. The normalized spacial score (nSPS) is 11.6. The van der Waals surface area contributed by atoms with Crippen molar-refractivity contribution in [3.8, 4) is 0 Å². The van der Waals surface area contributed by atoms with Crippen LogP contribution in [0.4, 0.5) is 5.69 Å². The van der Waals surface area contributed by atoms with Crippen molar-refractivity contribution in [2.45, 2.75) is 59.9 Å². The molecule has 0 bridgehead atoms. The molecule has 0 fully saturated rings. The monoisotopic (exact) mass is 397 g/mol. The highest BCUT2D eigenvalue weighted by molar-refractivity contribution is 7.18. The first kappa shape index (κ1) is 20.3. The van der Waals surface area contributed by atoms with Gasteiger partial charge in [0.1, 0.15) is 17.2 Å². The fraction of sp³-hybridized carbons (Fsp3) is 0.409. The maximum Gasteiger partial charge on any atom is 0.262 e. The lowest BCUT2D eigenvalue weighted by Gasteiger charge is -2.20. The van der Waals surface area contributed by atoms with Crippen molar-refractivity contribution in [3.63, 3.8) is 0 Å². The number of aromatic nitrogens is 2. The van der Waals surface area contributed by atoms with Gasteiger partial charge in [0.15, 0.2) is 0 Å². The van der Waals surface area contributed by atoms with Gasteiger partial charge >= 0.3 is 0 Å². The topological polar surface area (TPSA) is 64.0 Å². The first-order valence-electron chi connectivity index (χ1n) is 9.59. The molecule has 1 aromatic carbocycles. The average molecular weight is 398 g/mol. The molecule has 2 heterocycles. The van der Waals surface area contributed by atoms with Gasteiger partial charge in [0, 0.05) is 10.6 Å². The number of aryl methyl sites for hydroxylation is 2. The number of para-hydroxylation sites is 1. The van der Waals surface area contributed by atoms with E-state index in [2.05, 4.69) is 38.0 Å². The largest absolute Gasteiger partial charge is 0.324 e. The van der Waals surface area contributed by atoms with Gasteiger partial charge in [0.05, 0.1) is 5.39 Å². The van der Waals surface area contributed by atoms with Gasteiger partial charge in [-0.15, -0.1) is 11.3 Å². The Morgan fingerprint density at radius 3 is 2.32 bits per heavy atom. The van der Waals surface area contributed by atoms with Crippen LogP contribution >= 0.6 is 11.3 Å². The number of amides is 1. The zero-order chi connectivity index (χ0) is 20.6. The van der Waals surface area contributed by atoms with E-state index in [1.807, 2.05) is 31.2 Å². The lowest BCUT2D eigenvalue weighted by atomic mass is 9.92. The molecule has 0 unspecified atom stereocenters. The summed E-state index contributed by atoms with van der Waals surface area (Å²) in [5.41, 5.74) is 2.91. The summed E-state index contributed by atoms with van der Waals surface area (Å²) in [5.74, 6) is 0.902. The molecule has 0 aliphatic carbocycles. The third-order valence-electron chi connectivity index (χ3n) is 4.90. The summed E-state index contributed by atoms with van der Waals surface area (Å²) >= 11 is 1.50. The van der Waals surface area contributed by atoms with Gasteiger partial charge in [-0.3, -0.25) is 14.2 Å². The lowest BCUT2D eigenvalue weighted by molar-refractivity contribution is -0.116. The van der Waals surface area contributed by atoms with E-state index in [4.69, 9.17) is 0 Å². The highest BCUT2D eigenvalue weighted by Crippen LogP contribution is 2.32. The minimum Gasteiger partial charge on any atom is -0.324 e. The number of rotatable bonds is 5. The molecule has 1 N–H and O–H groups in total. The van der Waals surface area contributed by atoms with E-state index in [0.29, 0.717) is 11.2 Å². The smallest absolute Gasteiger partial charge is 0.262 e. The van der Waals surface area contributed by atoms with Crippen LogP contribution in [0, 0.1) is 13.8 Å². The molecule has 0 saturated carbocycles. The molecule has 0 aliphatic rings. The quantitative estimate of drug-likeness (QED) is 0.662. The Morgan fingerprint density at radius 2 is 1.75 bits per heavy atom. The Hall–Kier alpha value is -2.47. The van der Waals surface area contributed by atoms with E-state index >= 15 is 0 Å². The summed E-state index contributed by atoms with van der Waals surface area (Å²) in [4.78, 5) is 32.0. The van der Waals surface area contributed by atoms with Gasteiger partial charge in [-0.25, -0.2) is 4.98 Å². The summed E-state index contributed by atoms with van der Waals surface area (Å²) in [6.45, 7) is 12.1. The number of carbonyl (C=O) groups excluding carboxylic acids is 1. The Kier molecular flexibility index (Phi) is 5.70. The number of nitrogens with zero attached hydrogens (tertiary/aromatic N) is 2. The molecule has 28 heavy (non-hydrogen) atoms.